The number of aromatic nitrogens is 1. The van der Waals surface area contributed by atoms with Gasteiger partial charge in [0.2, 0.25) is 5.56 Å². The molecule has 0 bridgehead atoms. The summed E-state index contributed by atoms with van der Waals surface area (Å²) in [5, 5.41) is 2.97. The molecule has 1 aliphatic heterocycles. The summed E-state index contributed by atoms with van der Waals surface area (Å²) in [5.74, 6) is 0.335. The molecule has 0 saturated carbocycles. The second kappa shape index (κ2) is 7.66. The van der Waals surface area contributed by atoms with Gasteiger partial charge < -0.3 is 10.3 Å². The van der Waals surface area contributed by atoms with Gasteiger partial charge in [-0.3, -0.25) is 14.5 Å². The molecule has 132 valence electrons. The number of pyridine rings is 1. The predicted molar refractivity (Wildman–Crippen MR) is 98.7 cm³/mol. The van der Waals surface area contributed by atoms with Gasteiger partial charge in [0.15, 0.2) is 0 Å². The van der Waals surface area contributed by atoms with Gasteiger partial charge in [0, 0.05) is 31.9 Å². The highest BCUT2D eigenvalue weighted by Gasteiger charge is 2.23. The van der Waals surface area contributed by atoms with Crippen LogP contribution in [0, 0.1) is 19.8 Å². The van der Waals surface area contributed by atoms with Crippen molar-refractivity contribution in [3.05, 3.63) is 69.1 Å². The monoisotopic (exact) mass is 339 g/mol. The first-order chi connectivity index (χ1) is 12.0. The van der Waals surface area contributed by atoms with E-state index in [9.17, 15) is 9.59 Å². The zero-order valence-electron chi connectivity index (χ0n) is 14.8. The highest BCUT2D eigenvalue weighted by Crippen LogP contribution is 2.19. The van der Waals surface area contributed by atoms with Crippen molar-refractivity contribution < 1.29 is 4.79 Å². The average molecular weight is 339 g/mol. The maximum atomic E-state index is 12.1. The van der Waals surface area contributed by atoms with Gasteiger partial charge in [-0.25, -0.2) is 0 Å². The van der Waals surface area contributed by atoms with Crippen molar-refractivity contribution in [3.63, 3.8) is 0 Å². The molecule has 1 atom stereocenters. The lowest BCUT2D eigenvalue weighted by molar-refractivity contribution is 0.0947. The van der Waals surface area contributed by atoms with Crippen LogP contribution in [0.15, 0.2) is 41.3 Å². The summed E-state index contributed by atoms with van der Waals surface area (Å²) < 4.78 is 0. The van der Waals surface area contributed by atoms with Crippen LogP contribution in [0.2, 0.25) is 0 Å². The molecule has 1 fully saturated rings. The first kappa shape index (κ1) is 17.4. The molecule has 1 aromatic carbocycles. The smallest absolute Gasteiger partial charge is 0.252 e. The van der Waals surface area contributed by atoms with Crippen LogP contribution in [0.1, 0.15) is 33.5 Å². The number of carbonyl (C=O) groups excluding carboxylic acids is 1. The Morgan fingerprint density at radius 1 is 1.24 bits per heavy atom. The number of aromatic amines is 1. The van der Waals surface area contributed by atoms with Crippen LogP contribution >= 0.6 is 0 Å². The molecule has 3 rings (SSSR count). The molecule has 0 aliphatic carbocycles. The van der Waals surface area contributed by atoms with Crippen molar-refractivity contribution in [2.24, 2.45) is 5.92 Å². The van der Waals surface area contributed by atoms with Gasteiger partial charge in [-0.1, -0.05) is 18.2 Å². The van der Waals surface area contributed by atoms with Crippen LogP contribution in [0.25, 0.3) is 0 Å². The zero-order chi connectivity index (χ0) is 17.8. The Kier molecular flexibility index (Phi) is 5.34. The van der Waals surface area contributed by atoms with Gasteiger partial charge in [-0.2, -0.15) is 0 Å². The van der Waals surface area contributed by atoms with E-state index in [4.69, 9.17) is 0 Å². The molecule has 0 spiro atoms. The van der Waals surface area contributed by atoms with E-state index in [0.717, 1.165) is 26.1 Å². The molecule has 25 heavy (non-hydrogen) atoms. The van der Waals surface area contributed by atoms with Crippen LogP contribution < -0.4 is 10.9 Å². The normalized spacial score (nSPS) is 17.6. The summed E-state index contributed by atoms with van der Waals surface area (Å²) in [4.78, 5) is 28.1. The maximum Gasteiger partial charge on any atom is 0.252 e. The van der Waals surface area contributed by atoms with Gasteiger partial charge in [0.05, 0.1) is 5.56 Å². The minimum Gasteiger partial charge on any atom is -0.352 e. The Bertz CT molecular complexity index is 792. The minimum absolute atomic E-state index is 0.135. The largest absolute Gasteiger partial charge is 0.352 e. The highest BCUT2D eigenvalue weighted by molar-refractivity contribution is 5.93. The summed E-state index contributed by atoms with van der Waals surface area (Å²) in [6, 6.07) is 9.57. The first-order valence-corrected chi connectivity index (χ1v) is 8.76. The average Bonchev–Trinajstić information content (AvgIpc) is 3.04. The van der Waals surface area contributed by atoms with E-state index in [0.29, 0.717) is 18.0 Å². The fourth-order valence-electron chi connectivity index (χ4n) is 3.27. The Balaban J connectivity index is 1.48. The van der Waals surface area contributed by atoms with Crippen LogP contribution in [-0.4, -0.2) is 35.4 Å². The third-order valence-electron chi connectivity index (χ3n) is 4.95. The van der Waals surface area contributed by atoms with Gasteiger partial charge in [0.25, 0.3) is 5.91 Å². The van der Waals surface area contributed by atoms with Crippen molar-refractivity contribution in [3.8, 4) is 0 Å². The number of nitrogens with zero attached hydrogens (tertiary/aromatic N) is 1. The standard InChI is InChI=1S/C20H25N3O2/c1-14-3-4-16(9-15(14)2)12-23-8-7-17(13-23)10-22-20(25)18-5-6-19(24)21-11-18/h3-6,9,11,17H,7-8,10,12-13H2,1-2H3,(H,21,24)(H,22,25)/t17-/m0/s1. The van der Waals surface area contributed by atoms with Gasteiger partial charge in [-0.05, 0) is 55.5 Å². The Morgan fingerprint density at radius 3 is 2.80 bits per heavy atom. The molecule has 5 heteroatoms. The molecule has 0 radical (unpaired) electrons. The van der Waals surface area contributed by atoms with Crippen molar-refractivity contribution >= 4 is 5.91 Å². The fourth-order valence-corrected chi connectivity index (χ4v) is 3.27. The number of hydrogen-bond acceptors (Lipinski definition) is 3. The number of H-pyrrole nitrogens is 1. The van der Waals surface area contributed by atoms with E-state index in [1.165, 1.54) is 29.0 Å². The predicted octanol–water partition coefficient (Wildman–Crippen LogP) is 2.24. The topological polar surface area (TPSA) is 65.2 Å². The summed E-state index contributed by atoms with van der Waals surface area (Å²) >= 11 is 0. The molecule has 2 N–H and O–H groups in total. The van der Waals surface area contributed by atoms with Gasteiger partial charge >= 0.3 is 0 Å². The Hall–Kier alpha value is -2.40. The van der Waals surface area contributed by atoms with Crippen LogP contribution in [0.4, 0.5) is 0 Å². The fraction of sp³-hybridized carbons (Fsp3) is 0.400. The van der Waals surface area contributed by atoms with E-state index in [-0.39, 0.29) is 11.5 Å². The second-order valence-electron chi connectivity index (χ2n) is 6.96. The molecule has 1 aromatic heterocycles. The second-order valence-corrected chi connectivity index (χ2v) is 6.96. The molecule has 2 aromatic rings. The van der Waals surface area contributed by atoms with E-state index in [2.05, 4.69) is 47.2 Å². The van der Waals surface area contributed by atoms with Crippen LogP contribution in [0.3, 0.4) is 0 Å². The minimum atomic E-state index is -0.200. The quantitative estimate of drug-likeness (QED) is 0.878. The molecule has 1 aliphatic rings. The van der Waals surface area contributed by atoms with Crippen molar-refractivity contribution in [2.75, 3.05) is 19.6 Å². The lowest BCUT2D eigenvalue weighted by Gasteiger charge is -2.17. The lowest BCUT2D eigenvalue weighted by Crippen LogP contribution is -2.31. The molecular formula is C20H25N3O2. The van der Waals surface area contributed by atoms with Crippen molar-refractivity contribution in [1.29, 1.82) is 0 Å². The molecule has 5 nitrogen and oxygen atoms in total. The number of likely N-dealkylation sites (tertiary alicyclic amines) is 1. The van der Waals surface area contributed by atoms with Crippen molar-refractivity contribution in [1.82, 2.24) is 15.2 Å². The Morgan fingerprint density at radius 2 is 2.08 bits per heavy atom. The van der Waals surface area contributed by atoms with E-state index in [1.54, 1.807) is 6.07 Å². The van der Waals surface area contributed by atoms with E-state index in [1.807, 2.05) is 0 Å². The number of rotatable bonds is 5. The molecule has 0 unspecified atom stereocenters. The number of amides is 1. The summed E-state index contributed by atoms with van der Waals surface area (Å²) in [7, 11) is 0. The summed E-state index contributed by atoms with van der Waals surface area (Å²) in [6.07, 6.45) is 2.55. The molecule has 2 heterocycles. The molecular weight excluding hydrogens is 314 g/mol. The number of aryl methyl sites for hydroxylation is 2. The SMILES string of the molecule is Cc1ccc(CN2CC[C@@H](CNC(=O)c3ccc(=O)[nH]c3)C2)cc1C. The zero-order valence-corrected chi connectivity index (χ0v) is 14.8. The van der Waals surface area contributed by atoms with Gasteiger partial charge in [0.1, 0.15) is 0 Å². The number of hydrogen-bond donors (Lipinski definition) is 2. The molecule has 1 saturated heterocycles. The number of benzene rings is 1. The summed E-state index contributed by atoms with van der Waals surface area (Å²) in [5.41, 5.74) is 4.30. The number of nitrogens with one attached hydrogen (secondary N) is 2. The van der Waals surface area contributed by atoms with E-state index < -0.39 is 0 Å². The Labute approximate surface area is 148 Å². The molecule has 1 amide bonds. The maximum absolute atomic E-state index is 12.1. The lowest BCUT2D eigenvalue weighted by atomic mass is 10.1. The van der Waals surface area contributed by atoms with Crippen LogP contribution in [-0.2, 0) is 6.54 Å². The van der Waals surface area contributed by atoms with Crippen molar-refractivity contribution in [2.45, 2.75) is 26.8 Å². The third-order valence-corrected chi connectivity index (χ3v) is 4.95. The summed E-state index contributed by atoms with van der Waals surface area (Å²) in [6.45, 7) is 7.98. The first-order valence-electron chi connectivity index (χ1n) is 8.76. The van der Waals surface area contributed by atoms with E-state index >= 15 is 0 Å². The number of carbonyl (C=O) groups is 1. The highest BCUT2D eigenvalue weighted by atomic mass is 16.1. The van der Waals surface area contributed by atoms with Crippen LogP contribution in [0.5, 0.6) is 0 Å². The van der Waals surface area contributed by atoms with Gasteiger partial charge in [-0.15, -0.1) is 0 Å². The third kappa shape index (κ3) is 4.57.